The minimum absolute atomic E-state index is 0.142. The number of hydrogen-bond donors (Lipinski definition) is 1. The maximum absolute atomic E-state index is 6.28. The van der Waals surface area contributed by atoms with Crippen molar-refractivity contribution in [3.63, 3.8) is 0 Å². The lowest BCUT2D eigenvalue weighted by Gasteiger charge is -2.34. The molecule has 0 spiro atoms. The van der Waals surface area contributed by atoms with Crippen LogP contribution >= 0.6 is 0 Å². The van der Waals surface area contributed by atoms with Crippen molar-refractivity contribution in [1.82, 2.24) is 4.90 Å². The van der Waals surface area contributed by atoms with Gasteiger partial charge in [0.25, 0.3) is 0 Å². The minimum Gasteiger partial charge on any atom is -0.457 e. The van der Waals surface area contributed by atoms with Crippen LogP contribution in [0.25, 0.3) is 0 Å². The third-order valence-electron chi connectivity index (χ3n) is 5.01. The van der Waals surface area contributed by atoms with Crippen LogP contribution < -0.4 is 15.0 Å². The van der Waals surface area contributed by atoms with E-state index < -0.39 is 0 Å². The molecule has 0 fully saturated rings. The van der Waals surface area contributed by atoms with Crippen LogP contribution in [-0.4, -0.2) is 43.2 Å². The van der Waals surface area contributed by atoms with Gasteiger partial charge in [0.2, 0.25) is 0 Å². The highest BCUT2D eigenvalue weighted by Crippen LogP contribution is 2.37. The highest BCUT2D eigenvalue weighted by Gasteiger charge is 2.27. The molecule has 2 aliphatic rings. The van der Waals surface area contributed by atoms with Gasteiger partial charge in [-0.25, -0.2) is 0 Å². The molecule has 1 aromatic rings. The average Bonchev–Trinajstić information content (AvgIpc) is 2.62. The van der Waals surface area contributed by atoms with E-state index in [4.69, 9.17) is 4.74 Å². The molecule has 1 heterocycles. The Morgan fingerprint density at radius 3 is 2.42 bits per heavy atom. The molecular formula is C20H29N3O. The van der Waals surface area contributed by atoms with Crippen LogP contribution in [0.4, 0.5) is 11.4 Å². The second-order valence-electron chi connectivity index (χ2n) is 6.24. The van der Waals surface area contributed by atoms with Crippen molar-refractivity contribution in [2.45, 2.75) is 39.8 Å². The molecule has 1 N–H and O–H groups in total. The van der Waals surface area contributed by atoms with E-state index in [-0.39, 0.29) is 6.04 Å². The molecule has 130 valence electrons. The average molecular weight is 327 g/mol. The Balaban J connectivity index is 1.85. The Morgan fingerprint density at radius 2 is 1.75 bits per heavy atom. The predicted octanol–water partition coefficient (Wildman–Crippen LogP) is 3.87. The van der Waals surface area contributed by atoms with Gasteiger partial charge in [0.15, 0.2) is 5.75 Å². The van der Waals surface area contributed by atoms with Gasteiger partial charge in [0, 0.05) is 30.9 Å². The molecule has 0 aromatic heterocycles. The Labute approximate surface area is 145 Å². The van der Waals surface area contributed by atoms with Crippen LogP contribution in [0.2, 0.25) is 0 Å². The monoisotopic (exact) mass is 327 g/mol. The first kappa shape index (κ1) is 16.9. The number of fused-ring (bicyclic) bond motifs is 2. The normalized spacial score (nSPS) is 21.5. The summed E-state index contributed by atoms with van der Waals surface area (Å²) in [7, 11) is 0. The highest BCUT2D eigenvalue weighted by atomic mass is 16.5. The first-order chi connectivity index (χ1) is 11.7. The van der Waals surface area contributed by atoms with Crippen molar-refractivity contribution >= 4 is 11.4 Å². The zero-order valence-corrected chi connectivity index (χ0v) is 15.2. The summed E-state index contributed by atoms with van der Waals surface area (Å²) in [4.78, 5) is 4.76. The number of hydrogen-bond acceptors (Lipinski definition) is 4. The molecule has 2 atom stereocenters. The van der Waals surface area contributed by atoms with Gasteiger partial charge in [0.1, 0.15) is 11.8 Å². The summed E-state index contributed by atoms with van der Waals surface area (Å²) in [6.07, 6.45) is 6.74. The zero-order chi connectivity index (χ0) is 17.1. The van der Waals surface area contributed by atoms with E-state index in [0.29, 0.717) is 6.04 Å². The smallest absolute Gasteiger partial charge is 0.152 e. The molecule has 0 radical (unpaired) electrons. The largest absolute Gasteiger partial charge is 0.457 e. The van der Waals surface area contributed by atoms with Crippen molar-refractivity contribution in [2.24, 2.45) is 0 Å². The van der Waals surface area contributed by atoms with Crippen LogP contribution in [0.5, 0.6) is 5.75 Å². The molecule has 0 saturated heterocycles. The number of nitrogens with zero attached hydrogens (tertiary/aromatic N) is 2. The Hall–Kier alpha value is -1.94. The minimum atomic E-state index is 0.142. The summed E-state index contributed by atoms with van der Waals surface area (Å²) in [5.41, 5.74) is 2.28. The lowest BCUT2D eigenvalue weighted by atomic mass is 10.0. The summed E-state index contributed by atoms with van der Waals surface area (Å²) >= 11 is 0. The number of likely N-dealkylation sites (N-methyl/N-ethyl adjacent to an activating group) is 1. The summed E-state index contributed by atoms with van der Waals surface area (Å²) in [6.45, 7) is 12.8. The fourth-order valence-corrected chi connectivity index (χ4v) is 3.53. The Bertz CT molecular complexity index is 630. The van der Waals surface area contributed by atoms with Gasteiger partial charge in [0.05, 0.1) is 5.69 Å². The van der Waals surface area contributed by atoms with Crippen LogP contribution in [0.3, 0.4) is 0 Å². The van der Waals surface area contributed by atoms with E-state index in [9.17, 15) is 0 Å². The fourth-order valence-electron chi connectivity index (χ4n) is 3.53. The molecule has 4 heteroatoms. The third-order valence-corrected chi connectivity index (χ3v) is 5.01. The molecule has 0 amide bonds. The molecule has 3 rings (SSSR count). The van der Waals surface area contributed by atoms with E-state index in [2.05, 4.69) is 79.2 Å². The molecule has 2 unspecified atom stereocenters. The second kappa shape index (κ2) is 7.31. The first-order valence-electron chi connectivity index (χ1n) is 9.17. The van der Waals surface area contributed by atoms with Gasteiger partial charge < -0.3 is 15.0 Å². The van der Waals surface area contributed by atoms with Crippen LogP contribution in [0, 0.1) is 0 Å². The highest BCUT2D eigenvalue weighted by molar-refractivity contribution is 5.68. The number of ether oxygens (including phenoxy) is 1. The van der Waals surface area contributed by atoms with E-state index >= 15 is 0 Å². The van der Waals surface area contributed by atoms with Crippen LogP contribution in [-0.2, 0) is 0 Å². The SMILES string of the molecule is CCN(CC)c1ccc2c(c1)OC1=CC(N(CC)CC)C=CC1N2. The van der Waals surface area contributed by atoms with Gasteiger partial charge in [-0.05, 0) is 45.1 Å². The standard InChI is InChI=1S/C20H29N3O/c1-5-22(6-2)15-9-11-17-19(13-15)24-20-14-16(23(7-3)8-4)10-12-18(20)21-17/h9-15,17,21H,5-8H2,1-4H3. The molecule has 1 aliphatic heterocycles. The summed E-state index contributed by atoms with van der Waals surface area (Å²) in [5, 5.41) is 3.58. The predicted molar refractivity (Wildman–Crippen MR) is 102 cm³/mol. The summed E-state index contributed by atoms with van der Waals surface area (Å²) < 4.78 is 6.28. The topological polar surface area (TPSA) is 27.7 Å². The van der Waals surface area contributed by atoms with E-state index in [1.165, 1.54) is 5.69 Å². The van der Waals surface area contributed by atoms with E-state index in [1.54, 1.807) is 0 Å². The van der Waals surface area contributed by atoms with Gasteiger partial charge in [-0.15, -0.1) is 0 Å². The molecule has 1 aliphatic carbocycles. The second-order valence-corrected chi connectivity index (χ2v) is 6.24. The molecule has 4 nitrogen and oxygen atoms in total. The van der Waals surface area contributed by atoms with Gasteiger partial charge in [-0.1, -0.05) is 26.0 Å². The van der Waals surface area contributed by atoms with Crippen molar-refractivity contribution < 1.29 is 4.74 Å². The van der Waals surface area contributed by atoms with Crippen molar-refractivity contribution in [3.8, 4) is 5.75 Å². The molecular weight excluding hydrogens is 298 g/mol. The summed E-state index contributed by atoms with van der Waals surface area (Å²) in [6, 6.07) is 6.91. The zero-order valence-electron chi connectivity index (χ0n) is 15.2. The van der Waals surface area contributed by atoms with Crippen LogP contribution in [0.15, 0.2) is 42.2 Å². The van der Waals surface area contributed by atoms with Crippen molar-refractivity contribution in [3.05, 3.63) is 42.2 Å². The molecule has 1 aromatic carbocycles. The maximum Gasteiger partial charge on any atom is 0.152 e. The molecule has 24 heavy (non-hydrogen) atoms. The van der Waals surface area contributed by atoms with E-state index in [0.717, 1.165) is 43.4 Å². The summed E-state index contributed by atoms with van der Waals surface area (Å²) in [5.74, 6) is 1.94. The lowest BCUT2D eigenvalue weighted by molar-refractivity contribution is 0.276. The van der Waals surface area contributed by atoms with Gasteiger partial charge in [-0.2, -0.15) is 0 Å². The van der Waals surface area contributed by atoms with E-state index in [1.807, 2.05) is 0 Å². The van der Waals surface area contributed by atoms with Gasteiger partial charge in [-0.3, -0.25) is 4.90 Å². The van der Waals surface area contributed by atoms with Gasteiger partial charge >= 0.3 is 0 Å². The Morgan fingerprint density at radius 1 is 1.00 bits per heavy atom. The molecule has 0 saturated carbocycles. The number of benzene rings is 1. The maximum atomic E-state index is 6.28. The molecule has 0 bridgehead atoms. The third kappa shape index (κ3) is 3.16. The number of nitrogens with one attached hydrogen (secondary N) is 1. The van der Waals surface area contributed by atoms with Crippen molar-refractivity contribution in [1.29, 1.82) is 0 Å². The first-order valence-corrected chi connectivity index (χ1v) is 9.17. The number of anilines is 2. The number of rotatable bonds is 6. The Kier molecular flexibility index (Phi) is 5.14. The van der Waals surface area contributed by atoms with Crippen molar-refractivity contribution in [2.75, 3.05) is 36.4 Å². The fraction of sp³-hybridized carbons (Fsp3) is 0.500. The van der Waals surface area contributed by atoms with Crippen LogP contribution in [0.1, 0.15) is 27.7 Å². The lowest BCUT2D eigenvalue weighted by Crippen LogP contribution is -2.38. The quantitative estimate of drug-likeness (QED) is 0.803.